The summed E-state index contributed by atoms with van der Waals surface area (Å²) in [5.74, 6) is 0.246. The second-order valence-electron chi connectivity index (χ2n) is 9.38. The molecule has 1 aliphatic rings. The lowest BCUT2D eigenvalue weighted by Gasteiger charge is -2.26. The summed E-state index contributed by atoms with van der Waals surface area (Å²) < 4.78 is 3.51. The van der Waals surface area contributed by atoms with Crippen LogP contribution in [0.3, 0.4) is 0 Å². The zero-order chi connectivity index (χ0) is 25.2. The average Bonchev–Trinajstić information content (AvgIpc) is 3.51. The first-order valence-electron chi connectivity index (χ1n) is 12.0. The minimum atomic E-state index is -0.971. The Balaban J connectivity index is 1.42. The van der Waals surface area contributed by atoms with Gasteiger partial charge in [0.05, 0.1) is 52.4 Å². The lowest BCUT2D eigenvalue weighted by molar-refractivity contribution is 0.185. The third-order valence-electron chi connectivity index (χ3n) is 6.45. The summed E-state index contributed by atoms with van der Waals surface area (Å²) in [4.78, 5) is 15.6. The molecule has 0 atom stereocenters. The molecule has 3 N–H and O–H groups in total. The molecule has 1 amide bonds. The van der Waals surface area contributed by atoms with Gasteiger partial charge in [0.2, 0.25) is 0 Å². The maximum absolute atomic E-state index is 10.9. The Hall–Kier alpha value is -4.46. The number of carboxylic acid groups (broad SMARTS) is 1. The zero-order valence-corrected chi connectivity index (χ0v) is 20.1. The number of carbonyl (C=O) groups is 1. The monoisotopic (exact) mass is 485 g/mol. The van der Waals surface area contributed by atoms with E-state index in [4.69, 9.17) is 15.4 Å². The van der Waals surface area contributed by atoms with Crippen LogP contribution in [0.25, 0.3) is 22.6 Å². The van der Waals surface area contributed by atoms with Crippen LogP contribution >= 0.6 is 0 Å². The SMILES string of the molecule is CC(C)Nc1cc(-c2ccc3cc(C#N)cnn23)ncc1-n1cc(C2CCC(NC(=O)O)CC2)nn1. The standard InChI is InChI=1S/C25H27N9O2/c1-15(2)29-21-10-20(23-8-7-19-9-16(11-26)12-28-34(19)23)27-13-24(21)33-14-22(31-32-33)17-3-5-18(6-4-17)30-25(35)36/h7-10,12-15,17-18,30H,3-6H2,1-2H3,(H,27,29)(H,35,36). The van der Waals surface area contributed by atoms with Gasteiger partial charge in [0.15, 0.2) is 0 Å². The van der Waals surface area contributed by atoms with Crippen molar-refractivity contribution in [2.75, 3.05) is 5.32 Å². The van der Waals surface area contributed by atoms with Crippen molar-refractivity contribution < 1.29 is 9.90 Å². The first kappa shape index (κ1) is 23.3. The van der Waals surface area contributed by atoms with E-state index in [2.05, 4.69) is 46.0 Å². The fourth-order valence-corrected chi connectivity index (χ4v) is 4.74. The highest BCUT2D eigenvalue weighted by atomic mass is 16.4. The highest BCUT2D eigenvalue weighted by Crippen LogP contribution is 2.33. The van der Waals surface area contributed by atoms with Gasteiger partial charge in [0.1, 0.15) is 11.8 Å². The van der Waals surface area contributed by atoms with Gasteiger partial charge in [-0.2, -0.15) is 10.4 Å². The number of nitrogens with zero attached hydrogens (tertiary/aromatic N) is 7. The molecule has 0 unspecified atom stereocenters. The number of rotatable bonds is 6. The van der Waals surface area contributed by atoms with Crippen molar-refractivity contribution >= 4 is 17.3 Å². The molecule has 5 rings (SSSR count). The quantitative estimate of drug-likeness (QED) is 0.372. The van der Waals surface area contributed by atoms with E-state index in [0.717, 1.165) is 59.7 Å². The van der Waals surface area contributed by atoms with Gasteiger partial charge in [-0.1, -0.05) is 5.21 Å². The summed E-state index contributed by atoms with van der Waals surface area (Å²) in [6.07, 6.45) is 7.58. The minimum Gasteiger partial charge on any atom is -0.465 e. The second kappa shape index (κ2) is 9.65. The number of hydrogen-bond acceptors (Lipinski definition) is 7. The van der Waals surface area contributed by atoms with Gasteiger partial charge in [-0.15, -0.1) is 5.10 Å². The molecule has 0 saturated heterocycles. The van der Waals surface area contributed by atoms with Crippen LogP contribution in [0, 0.1) is 11.3 Å². The molecule has 0 radical (unpaired) electrons. The molecule has 1 fully saturated rings. The molecular formula is C25H27N9O2. The number of amides is 1. The molecule has 0 aromatic carbocycles. The van der Waals surface area contributed by atoms with Gasteiger partial charge in [-0.3, -0.25) is 4.98 Å². The molecule has 4 aromatic rings. The van der Waals surface area contributed by atoms with Crippen molar-refractivity contribution in [3.63, 3.8) is 0 Å². The average molecular weight is 486 g/mol. The van der Waals surface area contributed by atoms with Crippen LogP contribution in [-0.2, 0) is 0 Å². The maximum atomic E-state index is 10.9. The lowest BCUT2D eigenvalue weighted by Crippen LogP contribution is -2.36. The van der Waals surface area contributed by atoms with Crippen molar-refractivity contribution in [2.24, 2.45) is 0 Å². The van der Waals surface area contributed by atoms with Crippen LogP contribution < -0.4 is 10.6 Å². The number of hydrogen-bond donors (Lipinski definition) is 3. The van der Waals surface area contributed by atoms with Gasteiger partial charge in [0, 0.05) is 18.0 Å². The summed E-state index contributed by atoms with van der Waals surface area (Å²) in [5.41, 5.74) is 5.44. The Morgan fingerprint density at radius 2 is 2.00 bits per heavy atom. The highest BCUT2D eigenvalue weighted by Gasteiger charge is 2.26. The summed E-state index contributed by atoms with van der Waals surface area (Å²) in [6.45, 7) is 4.13. The maximum Gasteiger partial charge on any atom is 0.404 e. The van der Waals surface area contributed by atoms with Crippen LogP contribution in [-0.4, -0.2) is 52.9 Å². The number of anilines is 1. The van der Waals surface area contributed by atoms with Crippen LogP contribution in [0.4, 0.5) is 10.5 Å². The van der Waals surface area contributed by atoms with Crippen LogP contribution in [0.15, 0.2) is 42.9 Å². The molecule has 11 heteroatoms. The highest BCUT2D eigenvalue weighted by molar-refractivity contribution is 5.71. The fraction of sp³-hybridized carbons (Fsp3) is 0.360. The van der Waals surface area contributed by atoms with Gasteiger partial charge in [0.25, 0.3) is 0 Å². The predicted molar refractivity (Wildman–Crippen MR) is 133 cm³/mol. The van der Waals surface area contributed by atoms with Crippen molar-refractivity contribution in [3.8, 4) is 23.1 Å². The molecule has 1 aliphatic carbocycles. The molecule has 0 bridgehead atoms. The number of pyridine rings is 1. The minimum absolute atomic E-state index is 0.00139. The Morgan fingerprint density at radius 1 is 1.19 bits per heavy atom. The number of fused-ring (bicyclic) bond motifs is 1. The fourth-order valence-electron chi connectivity index (χ4n) is 4.74. The predicted octanol–water partition coefficient (Wildman–Crippen LogP) is 3.96. The third-order valence-corrected chi connectivity index (χ3v) is 6.45. The first-order chi connectivity index (χ1) is 17.4. The molecule has 0 spiro atoms. The third kappa shape index (κ3) is 4.70. The molecule has 36 heavy (non-hydrogen) atoms. The normalized spacial score (nSPS) is 17.7. The number of nitriles is 1. The lowest BCUT2D eigenvalue weighted by atomic mass is 9.84. The first-order valence-corrected chi connectivity index (χ1v) is 12.0. The Morgan fingerprint density at radius 3 is 2.72 bits per heavy atom. The van der Waals surface area contributed by atoms with Gasteiger partial charge in [-0.05, 0) is 63.8 Å². The summed E-state index contributed by atoms with van der Waals surface area (Å²) in [6, 6.07) is 9.91. The van der Waals surface area contributed by atoms with E-state index in [1.807, 2.05) is 24.4 Å². The Kier molecular flexibility index (Phi) is 6.25. The van der Waals surface area contributed by atoms with Crippen molar-refractivity contribution in [2.45, 2.75) is 57.5 Å². The van der Waals surface area contributed by atoms with Gasteiger partial charge in [-0.25, -0.2) is 14.0 Å². The summed E-state index contributed by atoms with van der Waals surface area (Å²) >= 11 is 0. The van der Waals surface area contributed by atoms with Crippen molar-refractivity contribution in [3.05, 3.63) is 54.1 Å². The molecule has 1 saturated carbocycles. The molecule has 4 heterocycles. The van der Waals surface area contributed by atoms with Crippen LogP contribution in [0.1, 0.15) is 56.7 Å². The Labute approximate surface area is 207 Å². The van der Waals surface area contributed by atoms with E-state index in [1.165, 1.54) is 0 Å². The molecule has 184 valence electrons. The van der Waals surface area contributed by atoms with E-state index in [1.54, 1.807) is 27.7 Å². The summed E-state index contributed by atoms with van der Waals surface area (Å²) in [7, 11) is 0. The van der Waals surface area contributed by atoms with Crippen LogP contribution in [0.2, 0.25) is 0 Å². The van der Waals surface area contributed by atoms with E-state index in [9.17, 15) is 4.79 Å². The molecule has 4 aromatic heterocycles. The number of aromatic nitrogens is 6. The topological polar surface area (TPSA) is 146 Å². The Bertz CT molecular complexity index is 1440. The zero-order valence-electron chi connectivity index (χ0n) is 20.1. The second-order valence-corrected chi connectivity index (χ2v) is 9.38. The van der Waals surface area contributed by atoms with Crippen molar-refractivity contribution in [1.82, 2.24) is 34.9 Å². The van der Waals surface area contributed by atoms with E-state index < -0.39 is 6.09 Å². The van der Waals surface area contributed by atoms with E-state index in [0.29, 0.717) is 5.56 Å². The van der Waals surface area contributed by atoms with E-state index in [-0.39, 0.29) is 18.0 Å². The smallest absolute Gasteiger partial charge is 0.404 e. The largest absolute Gasteiger partial charge is 0.465 e. The molecular weight excluding hydrogens is 458 g/mol. The van der Waals surface area contributed by atoms with E-state index >= 15 is 0 Å². The van der Waals surface area contributed by atoms with Crippen LogP contribution in [0.5, 0.6) is 0 Å². The van der Waals surface area contributed by atoms with Gasteiger partial charge < -0.3 is 15.7 Å². The molecule has 0 aliphatic heterocycles. The molecule has 11 nitrogen and oxygen atoms in total. The van der Waals surface area contributed by atoms with Gasteiger partial charge >= 0.3 is 6.09 Å². The summed E-state index contributed by atoms with van der Waals surface area (Å²) in [5, 5.41) is 37.4. The van der Waals surface area contributed by atoms with Crippen molar-refractivity contribution in [1.29, 1.82) is 5.26 Å². The number of nitrogens with one attached hydrogen (secondary N) is 2.